The van der Waals surface area contributed by atoms with Crippen LogP contribution in [0.15, 0.2) is 18.2 Å². The Kier molecular flexibility index (Phi) is 5.48. The molecule has 1 rings (SSSR count). The van der Waals surface area contributed by atoms with Gasteiger partial charge in [-0.3, -0.25) is 4.79 Å². The summed E-state index contributed by atoms with van der Waals surface area (Å²) in [5.74, 6) is 0.428. The number of carbonyl (C=O) groups is 1. The number of amides is 1. The molecule has 1 unspecified atom stereocenters. The first-order chi connectivity index (χ1) is 8.40. The second-order valence-corrected chi connectivity index (χ2v) is 5.35. The minimum atomic E-state index is -0.00410. The third-order valence-electron chi connectivity index (χ3n) is 3.03. The van der Waals surface area contributed by atoms with Crippen LogP contribution in [-0.2, 0) is 4.79 Å². The molecule has 0 saturated heterocycles. The van der Waals surface area contributed by atoms with Crippen molar-refractivity contribution in [1.29, 1.82) is 0 Å². The Morgan fingerprint density at radius 2 is 2.00 bits per heavy atom. The van der Waals surface area contributed by atoms with Crippen LogP contribution in [0.3, 0.4) is 0 Å². The van der Waals surface area contributed by atoms with Crippen LogP contribution in [0.2, 0.25) is 5.02 Å². The van der Waals surface area contributed by atoms with Crippen molar-refractivity contribution < 1.29 is 4.79 Å². The molecule has 1 aromatic rings. The number of anilines is 1. The number of aryl methyl sites for hydroxylation is 1. The maximum atomic E-state index is 11.7. The fraction of sp³-hybridized carbons (Fsp3) is 0.500. The predicted molar refractivity (Wildman–Crippen MR) is 77.1 cm³/mol. The number of hydrogen-bond donors (Lipinski definition) is 2. The van der Waals surface area contributed by atoms with Gasteiger partial charge in [-0.25, -0.2) is 0 Å². The molecule has 0 fully saturated rings. The minimum absolute atomic E-state index is 0.00410. The number of benzene rings is 1. The van der Waals surface area contributed by atoms with E-state index in [1.165, 1.54) is 0 Å². The highest BCUT2D eigenvalue weighted by Gasteiger charge is 2.10. The van der Waals surface area contributed by atoms with E-state index >= 15 is 0 Å². The van der Waals surface area contributed by atoms with Crippen molar-refractivity contribution in [2.75, 3.05) is 11.9 Å². The smallest absolute Gasteiger partial charge is 0.239 e. The summed E-state index contributed by atoms with van der Waals surface area (Å²) in [7, 11) is 0. The third-order valence-corrected chi connectivity index (χ3v) is 3.26. The molecule has 0 radical (unpaired) electrons. The van der Waals surface area contributed by atoms with Crippen LogP contribution < -0.4 is 10.6 Å². The molecule has 0 aliphatic heterocycles. The fourth-order valence-electron chi connectivity index (χ4n) is 1.43. The van der Waals surface area contributed by atoms with E-state index in [1.807, 2.05) is 32.0 Å². The first-order valence-corrected chi connectivity index (χ1v) is 6.57. The van der Waals surface area contributed by atoms with E-state index in [2.05, 4.69) is 24.5 Å². The molecule has 3 nitrogen and oxygen atoms in total. The maximum absolute atomic E-state index is 11.7. The molecule has 2 N–H and O–H groups in total. The van der Waals surface area contributed by atoms with Crippen molar-refractivity contribution in [3.63, 3.8) is 0 Å². The molecule has 1 aromatic carbocycles. The zero-order valence-electron chi connectivity index (χ0n) is 11.4. The molecule has 0 aliphatic rings. The lowest BCUT2D eigenvalue weighted by molar-refractivity contribution is -0.120. The van der Waals surface area contributed by atoms with E-state index in [9.17, 15) is 4.79 Å². The van der Waals surface area contributed by atoms with Crippen LogP contribution in [0.4, 0.5) is 5.69 Å². The van der Waals surface area contributed by atoms with Gasteiger partial charge < -0.3 is 10.6 Å². The normalized spacial score (nSPS) is 12.3. The first-order valence-electron chi connectivity index (χ1n) is 6.19. The molecule has 4 heteroatoms. The van der Waals surface area contributed by atoms with Gasteiger partial charge in [0, 0.05) is 16.8 Å². The quantitative estimate of drug-likeness (QED) is 0.861. The largest absolute Gasteiger partial charge is 0.376 e. The summed E-state index contributed by atoms with van der Waals surface area (Å²) >= 11 is 5.92. The molecule has 0 bridgehead atoms. The summed E-state index contributed by atoms with van der Waals surface area (Å²) in [6, 6.07) is 5.78. The van der Waals surface area contributed by atoms with Crippen molar-refractivity contribution in [2.45, 2.75) is 33.7 Å². The van der Waals surface area contributed by atoms with Gasteiger partial charge in [0.2, 0.25) is 5.91 Å². The van der Waals surface area contributed by atoms with Gasteiger partial charge in [-0.1, -0.05) is 31.5 Å². The lowest BCUT2D eigenvalue weighted by Crippen LogP contribution is -2.39. The molecule has 100 valence electrons. The molecule has 18 heavy (non-hydrogen) atoms. The number of rotatable bonds is 5. The van der Waals surface area contributed by atoms with Crippen molar-refractivity contribution in [1.82, 2.24) is 5.32 Å². The molecular weight excluding hydrogens is 248 g/mol. The molecule has 0 spiro atoms. The summed E-state index contributed by atoms with van der Waals surface area (Å²) in [5.41, 5.74) is 1.97. The number of carbonyl (C=O) groups excluding carboxylic acids is 1. The summed E-state index contributed by atoms with van der Waals surface area (Å²) < 4.78 is 0. The lowest BCUT2D eigenvalue weighted by Gasteiger charge is -2.18. The van der Waals surface area contributed by atoms with E-state index in [-0.39, 0.29) is 18.5 Å². The van der Waals surface area contributed by atoms with E-state index < -0.39 is 0 Å². The fourth-order valence-corrected chi connectivity index (χ4v) is 1.60. The van der Waals surface area contributed by atoms with Crippen molar-refractivity contribution in [3.05, 3.63) is 28.8 Å². The van der Waals surface area contributed by atoms with Gasteiger partial charge in [0.25, 0.3) is 0 Å². The Hall–Kier alpha value is -1.22. The third kappa shape index (κ3) is 4.57. The topological polar surface area (TPSA) is 41.1 Å². The summed E-state index contributed by atoms with van der Waals surface area (Å²) in [6.07, 6.45) is 0. The first kappa shape index (κ1) is 14.8. The zero-order valence-corrected chi connectivity index (χ0v) is 12.1. The van der Waals surface area contributed by atoms with Crippen molar-refractivity contribution >= 4 is 23.2 Å². The molecule has 0 heterocycles. The second-order valence-electron chi connectivity index (χ2n) is 4.91. The zero-order chi connectivity index (χ0) is 13.7. The number of halogens is 1. The van der Waals surface area contributed by atoms with E-state index in [1.54, 1.807) is 0 Å². The molecule has 0 aromatic heterocycles. The van der Waals surface area contributed by atoms with E-state index in [0.717, 1.165) is 11.3 Å². The van der Waals surface area contributed by atoms with Crippen LogP contribution >= 0.6 is 11.6 Å². The van der Waals surface area contributed by atoms with Gasteiger partial charge in [-0.2, -0.15) is 0 Å². The molecule has 1 atom stereocenters. The Labute approximate surface area is 114 Å². The monoisotopic (exact) mass is 268 g/mol. The minimum Gasteiger partial charge on any atom is -0.376 e. The Balaban J connectivity index is 2.50. The standard InChI is InChI=1S/C14H21ClN2O/c1-9(2)11(4)17-14(18)8-16-13-7-12(15)6-5-10(13)3/h5-7,9,11,16H,8H2,1-4H3,(H,17,18). The van der Waals surface area contributed by atoms with Crippen molar-refractivity contribution in [2.24, 2.45) is 5.92 Å². The second kappa shape index (κ2) is 6.64. The average Bonchev–Trinajstić information content (AvgIpc) is 2.30. The Bertz CT molecular complexity index is 418. The Morgan fingerprint density at radius 3 is 2.61 bits per heavy atom. The average molecular weight is 269 g/mol. The lowest BCUT2D eigenvalue weighted by atomic mass is 10.1. The molecular formula is C14H21ClN2O. The SMILES string of the molecule is Cc1ccc(Cl)cc1NCC(=O)NC(C)C(C)C. The van der Waals surface area contributed by atoms with Gasteiger partial charge >= 0.3 is 0 Å². The van der Waals surface area contributed by atoms with Crippen LogP contribution in [0, 0.1) is 12.8 Å². The highest BCUT2D eigenvalue weighted by Crippen LogP contribution is 2.19. The van der Waals surface area contributed by atoms with E-state index in [4.69, 9.17) is 11.6 Å². The summed E-state index contributed by atoms with van der Waals surface area (Å²) in [4.78, 5) is 11.7. The number of hydrogen-bond acceptors (Lipinski definition) is 2. The van der Waals surface area contributed by atoms with E-state index in [0.29, 0.717) is 10.9 Å². The van der Waals surface area contributed by atoms with Gasteiger partial charge in [0.1, 0.15) is 0 Å². The van der Waals surface area contributed by atoms with Gasteiger partial charge in [0.05, 0.1) is 6.54 Å². The van der Waals surface area contributed by atoms with Crippen molar-refractivity contribution in [3.8, 4) is 0 Å². The molecule has 1 amide bonds. The molecule has 0 saturated carbocycles. The van der Waals surface area contributed by atoms with Crippen LogP contribution in [-0.4, -0.2) is 18.5 Å². The predicted octanol–water partition coefficient (Wildman–Crippen LogP) is 3.22. The summed E-state index contributed by atoms with van der Waals surface area (Å²) in [5, 5.41) is 6.72. The van der Waals surface area contributed by atoms with Crippen LogP contribution in [0.25, 0.3) is 0 Å². The summed E-state index contributed by atoms with van der Waals surface area (Å²) in [6.45, 7) is 8.41. The highest BCUT2D eigenvalue weighted by atomic mass is 35.5. The van der Waals surface area contributed by atoms with Crippen LogP contribution in [0.5, 0.6) is 0 Å². The van der Waals surface area contributed by atoms with Gasteiger partial charge in [-0.15, -0.1) is 0 Å². The van der Waals surface area contributed by atoms with Crippen LogP contribution in [0.1, 0.15) is 26.3 Å². The molecule has 0 aliphatic carbocycles. The van der Waals surface area contributed by atoms with Gasteiger partial charge in [-0.05, 0) is 37.5 Å². The Morgan fingerprint density at radius 1 is 1.33 bits per heavy atom. The van der Waals surface area contributed by atoms with Gasteiger partial charge in [0.15, 0.2) is 0 Å². The number of nitrogens with one attached hydrogen (secondary N) is 2. The highest BCUT2D eigenvalue weighted by molar-refractivity contribution is 6.30. The maximum Gasteiger partial charge on any atom is 0.239 e.